The molecule has 102 valence electrons. The number of rotatable bonds is 1. The molecule has 4 N–H and O–H groups in total. The van der Waals surface area contributed by atoms with Gasteiger partial charge in [0.25, 0.3) is 0 Å². The number of para-hydroxylation sites is 1. The molecule has 0 amide bonds. The van der Waals surface area contributed by atoms with Gasteiger partial charge in [0.2, 0.25) is 5.96 Å². The van der Waals surface area contributed by atoms with Crippen LogP contribution in [0.1, 0.15) is 0 Å². The van der Waals surface area contributed by atoms with E-state index >= 15 is 0 Å². The third-order valence-electron chi connectivity index (χ3n) is 2.98. The van der Waals surface area contributed by atoms with Crippen LogP contribution in [-0.4, -0.2) is 10.9 Å². The minimum atomic E-state index is -3.21. The number of nitrogens with one attached hydrogen (secondary N) is 1. The number of benzene rings is 2. The van der Waals surface area contributed by atoms with Crippen LogP contribution in [0.2, 0.25) is 0 Å². The summed E-state index contributed by atoms with van der Waals surface area (Å²) in [5.74, 6) is 0.607. The second-order valence-corrected chi connectivity index (χ2v) is 6.42. The second-order valence-electron chi connectivity index (χ2n) is 4.25. The molecule has 0 radical (unpaired) electrons. The van der Waals surface area contributed by atoms with Gasteiger partial charge in [-0.1, -0.05) is 43.1 Å². The Hall–Kier alpha value is -1.75. The molecule has 0 aliphatic carbocycles. The first-order valence-corrected chi connectivity index (χ1v) is 7.96. The van der Waals surface area contributed by atoms with Crippen molar-refractivity contribution in [2.45, 2.75) is 0 Å². The van der Waals surface area contributed by atoms with E-state index in [0.29, 0.717) is 11.1 Å². The van der Waals surface area contributed by atoms with Crippen molar-refractivity contribution in [3.05, 3.63) is 48.5 Å². The summed E-state index contributed by atoms with van der Waals surface area (Å²) < 4.78 is 12.2. The smallest absolute Gasteiger partial charge is 0.366 e. The van der Waals surface area contributed by atoms with Gasteiger partial charge in [0.15, 0.2) is 11.1 Å². The number of guanidine groups is 1. The van der Waals surface area contributed by atoms with Gasteiger partial charge in [-0.15, -0.1) is 0 Å². The van der Waals surface area contributed by atoms with Gasteiger partial charge in [-0.2, -0.15) is 4.89 Å². The van der Waals surface area contributed by atoms with Gasteiger partial charge < -0.3 is 5.73 Å². The number of hydrogen-bond donors (Lipinski definition) is 4. The van der Waals surface area contributed by atoms with E-state index in [1.807, 2.05) is 36.4 Å². The van der Waals surface area contributed by atoms with Crippen molar-refractivity contribution in [1.82, 2.24) is 4.72 Å². The van der Waals surface area contributed by atoms with Crippen LogP contribution in [0.25, 0.3) is 11.1 Å². The number of nitrogens with two attached hydrogens (primary N) is 1. The highest BCUT2D eigenvalue weighted by molar-refractivity contribution is 7.79. The minimum absolute atomic E-state index is 0.0124. The summed E-state index contributed by atoms with van der Waals surface area (Å²) in [5.41, 5.74) is 7.45. The third-order valence-corrected chi connectivity index (χ3v) is 5.16. The maximum Gasteiger partial charge on any atom is 0.476 e. The Balaban J connectivity index is 2.23. The van der Waals surface area contributed by atoms with Crippen molar-refractivity contribution >= 4 is 31.9 Å². The predicted octanol–water partition coefficient (Wildman–Crippen LogP) is 1.88. The Morgan fingerprint density at radius 1 is 1.15 bits per heavy atom. The van der Waals surface area contributed by atoms with E-state index in [0.717, 1.165) is 11.1 Å². The standard InChI is InChI=1S/C13H13N3O2PS/c14-13(16-20)15-19(17)12-8-4-2-6-10(12)9-5-1-3-7-11(9)18-19/h1-8,17,20H,(H3,14,15,16)/q+1. The fraction of sp³-hybridized carbons (Fsp3) is 0. The molecule has 7 heteroatoms. The average Bonchev–Trinajstić information content (AvgIpc) is 2.47. The van der Waals surface area contributed by atoms with Crippen molar-refractivity contribution in [3.63, 3.8) is 0 Å². The van der Waals surface area contributed by atoms with E-state index in [4.69, 9.17) is 10.3 Å². The van der Waals surface area contributed by atoms with Crippen LogP contribution in [0.3, 0.4) is 0 Å². The Kier molecular flexibility index (Phi) is 3.30. The predicted molar refractivity (Wildman–Crippen MR) is 85.0 cm³/mol. The zero-order valence-electron chi connectivity index (χ0n) is 10.4. The van der Waals surface area contributed by atoms with Crippen LogP contribution < -0.4 is 20.3 Å². The topological polar surface area (TPSA) is 79.9 Å². The van der Waals surface area contributed by atoms with E-state index in [2.05, 4.69) is 22.3 Å². The Morgan fingerprint density at radius 2 is 1.80 bits per heavy atom. The van der Waals surface area contributed by atoms with Gasteiger partial charge in [-0.3, -0.25) is 9.25 Å². The number of fused-ring (bicyclic) bond motifs is 3. The molecular formula is C13H13N3O2PS+. The van der Waals surface area contributed by atoms with E-state index in [-0.39, 0.29) is 5.96 Å². The number of hydrogen-bond acceptors (Lipinski definition) is 4. The normalized spacial score (nSPS) is 20.6. The molecule has 0 saturated carbocycles. The monoisotopic (exact) mass is 306 g/mol. The molecule has 1 atom stereocenters. The molecule has 1 aliphatic heterocycles. The summed E-state index contributed by atoms with van der Waals surface area (Å²) in [4.78, 5) is 10.8. The Morgan fingerprint density at radius 3 is 2.55 bits per heavy atom. The van der Waals surface area contributed by atoms with Crippen molar-refractivity contribution in [3.8, 4) is 16.9 Å². The highest BCUT2D eigenvalue weighted by Crippen LogP contribution is 2.61. The molecule has 2 aromatic carbocycles. The molecule has 0 aromatic heterocycles. The van der Waals surface area contributed by atoms with Gasteiger partial charge in [0, 0.05) is 11.1 Å². The fourth-order valence-corrected chi connectivity index (χ4v) is 4.09. The Bertz CT molecular complexity index is 695. The number of thiol groups is 1. The first-order valence-electron chi connectivity index (χ1n) is 5.90. The van der Waals surface area contributed by atoms with Crippen LogP contribution in [-0.2, 0) is 0 Å². The maximum absolute atomic E-state index is 10.8. The molecule has 0 spiro atoms. The first kappa shape index (κ1) is 13.2. The zero-order valence-corrected chi connectivity index (χ0v) is 12.2. The van der Waals surface area contributed by atoms with E-state index in [9.17, 15) is 4.89 Å². The zero-order chi connectivity index (χ0) is 14.2. The van der Waals surface area contributed by atoms with E-state index in [1.165, 1.54) is 0 Å². The van der Waals surface area contributed by atoms with Gasteiger partial charge in [0.1, 0.15) is 0 Å². The fourth-order valence-electron chi connectivity index (χ4n) is 2.15. The number of nitrogens with zero attached hydrogens (tertiary/aromatic N) is 1. The quantitative estimate of drug-likeness (QED) is 0.281. The van der Waals surface area contributed by atoms with Gasteiger partial charge in [-0.05, 0) is 23.0 Å². The minimum Gasteiger partial charge on any atom is -0.366 e. The Labute approximate surface area is 122 Å². The summed E-state index contributed by atoms with van der Waals surface area (Å²) in [5, 5.41) is 0.644. The molecule has 1 heterocycles. The molecule has 0 bridgehead atoms. The van der Waals surface area contributed by atoms with Crippen molar-refractivity contribution in [2.24, 2.45) is 10.5 Å². The lowest BCUT2D eigenvalue weighted by atomic mass is 10.0. The van der Waals surface area contributed by atoms with Crippen LogP contribution in [0.4, 0.5) is 0 Å². The van der Waals surface area contributed by atoms with Crippen molar-refractivity contribution in [2.75, 3.05) is 0 Å². The van der Waals surface area contributed by atoms with Crippen LogP contribution in [0.5, 0.6) is 5.75 Å². The molecule has 5 nitrogen and oxygen atoms in total. The maximum atomic E-state index is 10.8. The highest BCUT2D eigenvalue weighted by atomic mass is 32.1. The molecule has 1 unspecified atom stereocenters. The van der Waals surface area contributed by atoms with E-state index in [1.54, 1.807) is 12.1 Å². The van der Waals surface area contributed by atoms with E-state index < -0.39 is 7.87 Å². The molecule has 2 aromatic rings. The molecular weight excluding hydrogens is 293 g/mol. The lowest BCUT2D eigenvalue weighted by Gasteiger charge is -2.23. The third kappa shape index (κ3) is 2.12. The summed E-state index contributed by atoms with van der Waals surface area (Å²) in [7, 11) is -3.21. The average molecular weight is 306 g/mol. The highest BCUT2D eigenvalue weighted by Gasteiger charge is 2.50. The van der Waals surface area contributed by atoms with Crippen LogP contribution in [0.15, 0.2) is 53.3 Å². The summed E-state index contributed by atoms with van der Waals surface area (Å²) >= 11 is 3.82. The second kappa shape index (κ2) is 4.98. The van der Waals surface area contributed by atoms with Gasteiger partial charge >= 0.3 is 7.87 Å². The first-order chi connectivity index (χ1) is 9.64. The van der Waals surface area contributed by atoms with Crippen molar-refractivity contribution < 1.29 is 9.42 Å². The molecule has 20 heavy (non-hydrogen) atoms. The summed E-state index contributed by atoms with van der Waals surface area (Å²) in [6, 6.07) is 15.0. The van der Waals surface area contributed by atoms with Gasteiger partial charge in [-0.25, -0.2) is 0 Å². The molecule has 1 aliphatic rings. The molecule has 0 saturated heterocycles. The largest absolute Gasteiger partial charge is 0.476 e. The molecule has 3 rings (SSSR count). The lowest BCUT2D eigenvalue weighted by Crippen LogP contribution is -2.28. The van der Waals surface area contributed by atoms with Crippen molar-refractivity contribution in [1.29, 1.82) is 0 Å². The lowest BCUT2D eigenvalue weighted by molar-refractivity contribution is 0.470. The summed E-state index contributed by atoms with van der Waals surface area (Å²) in [6.07, 6.45) is 0. The summed E-state index contributed by atoms with van der Waals surface area (Å²) in [6.45, 7) is 0. The van der Waals surface area contributed by atoms with Crippen LogP contribution >= 0.6 is 20.7 Å². The molecule has 0 fully saturated rings. The van der Waals surface area contributed by atoms with Gasteiger partial charge in [0.05, 0.1) is 0 Å². The SMILES string of the molecule is NC(=N[P+]1(O)Oc2ccccc2-c2ccccc21)NS. The van der Waals surface area contributed by atoms with Crippen LogP contribution in [0, 0.1) is 0 Å².